The number of anilines is 1. The molecule has 0 radical (unpaired) electrons. The Balaban J connectivity index is 2.34. The minimum atomic E-state index is -0.132. The third kappa shape index (κ3) is 2.74. The van der Waals surface area contributed by atoms with E-state index in [9.17, 15) is 4.79 Å². The van der Waals surface area contributed by atoms with Crippen molar-refractivity contribution < 1.29 is 4.79 Å². The summed E-state index contributed by atoms with van der Waals surface area (Å²) >= 11 is 9.39. The summed E-state index contributed by atoms with van der Waals surface area (Å²) in [7, 11) is 1.73. The average Bonchev–Trinajstić information content (AvgIpc) is 2.41. The van der Waals surface area contributed by atoms with Gasteiger partial charge >= 0.3 is 0 Å². The number of nitrogens with zero attached hydrogens (tertiary/aromatic N) is 1. The summed E-state index contributed by atoms with van der Waals surface area (Å²) in [6.07, 6.45) is 0. The van der Waals surface area contributed by atoms with Gasteiger partial charge in [0.2, 0.25) is 0 Å². The normalized spacial score (nSPS) is 10.2. The maximum absolute atomic E-state index is 12.3. The number of amides is 1. The minimum Gasteiger partial charge on any atom is -0.311 e. The van der Waals surface area contributed by atoms with Gasteiger partial charge < -0.3 is 4.90 Å². The lowest BCUT2D eigenvalue weighted by molar-refractivity contribution is 0.0993. The Hall–Kier alpha value is -1.32. The predicted molar refractivity (Wildman–Crippen MR) is 78.3 cm³/mol. The molecular formula is C14H11BrClNO. The predicted octanol–water partition coefficient (Wildman–Crippen LogP) is 4.38. The number of halogens is 2. The lowest BCUT2D eigenvalue weighted by atomic mass is 10.2. The number of hydrogen-bond donors (Lipinski definition) is 0. The van der Waals surface area contributed by atoms with Crippen molar-refractivity contribution >= 4 is 39.1 Å². The highest BCUT2D eigenvalue weighted by molar-refractivity contribution is 9.10. The Bertz CT molecular complexity index is 571. The highest BCUT2D eigenvalue weighted by Gasteiger charge is 2.16. The first-order chi connectivity index (χ1) is 8.59. The maximum Gasteiger partial charge on any atom is 0.259 e. The molecular weight excluding hydrogens is 314 g/mol. The van der Waals surface area contributed by atoms with Gasteiger partial charge in [-0.2, -0.15) is 0 Å². The second-order valence-corrected chi connectivity index (χ2v) is 5.15. The van der Waals surface area contributed by atoms with Crippen LogP contribution in [0, 0.1) is 0 Å². The van der Waals surface area contributed by atoms with Crippen LogP contribution in [0.5, 0.6) is 0 Å². The molecule has 0 saturated heterocycles. The number of para-hydroxylation sites is 1. The van der Waals surface area contributed by atoms with Crippen molar-refractivity contribution in [3.8, 4) is 0 Å². The fourth-order valence-electron chi connectivity index (χ4n) is 1.61. The SMILES string of the molecule is CN(C(=O)c1cc(Br)ccc1Cl)c1ccccc1. The van der Waals surface area contributed by atoms with E-state index in [1.807, 2.05) is 36.4 Å². The first kappa shape index (κ1) is 13.1. The van der Waals surface area contributed by atoms with Gasteiger partial charge in [0.15, 0.2) is 0 Å². The molecule has 0 N–H and O–H groups in total. The van der Waals surface area contributed by atoms with Crippen molar-refractivity contribution in [1.82, 2.24) is 0 Å². The first-order valence-corrected chi connectivity index (χ1v) is 6.55. The molecule has 92 valence electrons. The van der Waals surface area contributed by atoms with Crippen LogP contribution < -0.4 is 4.90 Å². The second-order valence-electron chi connectivity index (χ2n) is 3.82. The molecule has 0 heterocycles. The van der Waals surface area contributed by atoms with Crippen LogP contribution in [-0.4, -0.2) is 13.0 Å². The first-order valence-electron chi connectivity index (χ1n) is 5.38. The van der Waals surface area contributed by atoms with E-state index < -0.39 is 0 Å². The molecule has 2 rings (SSSR count). The fourth-order valence-corrected chi connectivity index (χ4v) is 2.17. The summed E-state index contributed by atoms with van der Waals surface area (Å²) in [6, 6.07) is 14.7. The van der Waals surface area contributed by atoms with Crippen molar-refractivity contribution in [2.24, 2.45) is 0 Å². The molecule has 0 saturated carbocycles. The topological polar surface area (TPSA) is 20.3 Å². The number of benzene rings is 2. The Morgan fingerprint density at radius 2 is 1.83 bits per heavy atom. The highest BCUT2D eigenvalue weighted by Crippen LogP contribution is 2.24. The van der Waals surface area contributed by atoms with Crippen LogP contribution in [0.3, 0.4) is 0 Å². The summed E-state index contributed by atoms with van der Waals surface area (Å²) < 4.78 is 0.830. The zero-order chi connectivity index (χ0) is 13.1. The molecule has 0 aliphatic carbocycles. The molecule has 1 amide bonds. The van der Waals surface area contributed by atoms with Crippen molar-refractivity contribution in [1.29, 1.82) is 0 Å². The molecule has 2 aromatic carbocycles. The van der Waals surface area contributed by atoms with Crippen molar-refractivity contribution in [3.63, 3.8) is 0 Å². The molecule has 2 aromatic rings. The molecule has 0 aromatic heterocycles. The summed E-state index contributed by atoms with van der Waals surface area (Å²) in [5, 5.41) is 0.450. The smallest absolute Gasteiger partial charge is 0.259 e. The van der Waals surface area contributed by atoms with E-state index in [0.29, 0.717) is 10.6 Å². The molecule has 0 aliphatic heterocycles. The Morgan fingerprint density at radius 3 is 2.50 bits per heavy atom. The second kappa shape index (κ2) is 5.55. The summed E-state index contributed by atoms with van der Waals surface area (Å²) in [4.78, 5) is 13.9. The molecule has 0 bridgehead atoms. The molecule has 0 aliphatic rings. The van der Waals surface area contributed by atoms with Crippen LogP contribution in [0.1, 0.15) is 10.4 Å². The van der Waals surface area contributed by atoms with Gasteiger partial charge in [0.05, 0.1) is 10.6 Å². The number of rotatable bonds is 2. The van der Waals surface area contributed by atoms with Gasteiger partial charge in [-0.15, -0.1) is 0 Å². The number of hydrogen-bond acceptors (Lipinski definition) is 1. The van der Waals surface area contributed by atoms with Gasteiger partial charge in [0, 0.05) is 17.2 Å². The van der Waals surface area contributed by atoms with Gasteiger partial charge in [-0.1, -0.05) is 45.7 Å². The largest absolute Gasteiger partial charge is 0.311 e. The summed E-state index contributed by atoms with van der Waals surface area (Å²) in [5.74, 6) is -0.132. The van der Waals surface area contributed by atoms with E-state index in [1.54, 1.807) is 24.1 Å². The fraction of sp³-hybridized carbons (Fsp3) is 0.0714. The lowest BCUT2D eigenvalue weighted by Gasteiger charge is -2.18. The van der Waals surface area contributed by atoms with E-state index in [4.69, 9.17) is 11.6 Å². The molecule has 18 heavy (non-hydrogen) atoms. The molecule has 2 nitrogen and oxygen atoms in total. The van der Waals surface area contributed by atoms with Gasteiger partial charge in [-0.25, -0.2) is 0 Å². The van der Waals surface area contributed by atoms with Gasteiger partial charge in [-0.3, -0.25) is 4.79 Å². The Morgan fingerprint density at radius 1 is 1.17 bits per heavy atom. The van der Waals surface area contributed by atoms with E-state index in [0.717, 1.165) is 10.2 Å². The van der Waals surface area contributed by atoms with Crippen molar-refractivity contribution in [3.05, 3.63) is 63.6 Å². The van der Waals surface area contributed by atoms with Crippen LogP contribution in [0.4, 0.5) is 5.69 Å². The summed E-state index contributed by atoms with van der Waals surface area (Å²) in [5.41, 5.74) is 1.32. The molecule has 0 fully saturated rings. The minimum absolute atomic E-state index is 0.132. The van der Waals surface area contributed by atoms with Crippen molar-refractivity contribution in [2.75, 3.05) is 11.9 Å². The highest BCUT2D eigenvalue weighted by atomic mass is 79.9. The van der Waals surface area contributed by atoms with E-state index in [-0.39, 0.29) is 5.91 Å². The quantitative estimate of drug-likeness (QED) is 0.803. The van der Waals surface area contributed by atoms with Crippen molar-refractivity contribution in [2.45, 2.75) is 0 Å². The molecule has 0 atom stereocenters. The van der Waals surface area contributed by atoms with Crippen LogP contribution in [-0.2, 0) is 0 Å². The van der Waals surface area contributed by atoms with Gasteiger partial charge in [-0.05, 0) is 30.3 Å². The van der Waals surface area contributed by atoms with Crippen LogP contribution >= 0.6 is 27.5 Å². The Labute approximate surface area is 119 Å². The monoisotopic (exact) mass is 323 g/mol. The van der Waals surface area contributed by atoms with E-state index in [2.05, 4.69) is 15.9 Å². The van der Waals surface area contributed by atoms with E-state index in [1.165, 1.54) is 0 Å². The molecule has 0 unspecified atom stereocenters. The lowest BCUT2D eigenvalue weighted by Crippen LogP contribution is -2.26. The summed E-state index contributed by atoms with van der Waals surface area (Å²) in [6.45, 7) is 0. The van der Waals surface area contributed by atoms with Gasteiger partial charge in [0.25, 0.3) is 5.91 Å². The maximum atomic E-state index is 12.3. The van der Waals surface area contributed by atoms with Crippen LogP contribution in [0.25, 0.3) is 0 Å². The molecule has 4 heteroatoms. The van der Waals surface area contributed by atoms with Crippen LogP contribution in [0.2, 0.25) is 5.02 Å². The molecule has 0 spiro atoms. The Kier molecular flexibility index (Phi) is 4.04. The number of carbonyl (C=O) groups is 1. The zero-order valence-electron chi connectivity index (χ0n) is 9.73. The standard InChI is InChI=1S/C14H11BrClNO/c1-17(11-5-3-2-4-6-11)14(18)12-9-10(15)7-8-13(12)16/h2-9H,1H3. The van der Waals surface area contributed by atoms with Crippen LogP contribution in [0.15, 0.2) is 53.0 Å². The van der Waals surface area contributed by atoms with E-state index >= 15 is 0 Å². The third-order valence-corrected chi connectivity index (χ3v) is 3.43. The van der Waals surface area contributed by atoms with Gasteiger partial charge in [0.1, 0.15) is 0 Å². The zero-order valence-corrected chi connectivity index (χ0v) is 12.1. The third-order valence-electron chi connectivity index (χ3n) is 2.61. The number of carbonyl (C=O) groups excluding carboxylic acids is 1. The average molecular weight is 325 g/mol.